The second kappa shape index (κ2) is 5.18. The van der Waals surface area contributed by atoms with Crippen molar-refractivity contribution in [3.05, 3.63) is 34.7 Å². The van der Waals surface area contributed by atoms with E-state index in [-0.39, 0.29) is 0 Å². The Bertz CT molecular complexity index is 803. The van der Waals surface area contributed by atoms with E-state index in [1.165, 1.54) is 0 Å². The van der Waals surface area contributed by atoms with Crippen molar-refractivity contribution in [3.8, 4) is 27.0 Å². The highest BCUT2D eigenvalue weighted by Gasteiger charge is 2.13. The van der Waals surface area contributed by atoms with Gasteiger partial charge in [0.05, 0.1) is 17.7 Å². The fraction of sp³-hybridized carbons (Fsp3) is 0.154. The third kappa shape index (κ3) is 2.37. The van der Waals surface area contributed by atoms with Gasteiger partial charge in [0.2, 0.25) is 4.77 Å². The van der Waals surface area contributed by atoms with Crippen LogP contribution < -0.4 is 4.74 Å². The number of nitrogens with zero attached hydrogens (tertiary/aromatic N) is 2. The van der Waals surface area contributed by atoms with E-state index in [1.807, 2.05) is 31.2 Å². The molecule has 20 heavy (non-hydrogen) atoms. The van der Waals surface area contributed by atoms with Crippen molar-refractivity contribution < 1.29 is 4.74 Å². The van der Waals surface area contributed by atoms with Crippen LogP contribution in [0.2, 0.25) is 0 Å². The number of aromatic amines is 2. The lowest BCUT2D eigenvalue weighted by Gasteiger charge is -2.00. The number of rotatable bonds is 3. The molecule has 0 fully saturated rings. The normalized spacial score (nSPS) is 10.7. The van der Waals surface area contributed by atoms with E-state index < -0.39 is 0 Å². The van der Waals surface area contributed by atoms with E-state index in [0.29, 0.717) is 4.77 Å². The molecule has 3 rings (SSSR count). The summed E-state index contributed by atoms with van der Waals surface area (Å²) in [7, 11) is 1.65. The summed E-state index contributed by atoms with van der Waals surface area (Å²) in [6.45, 7) is 1.96. The Morgan fingerprint density at radius 2 is 2.10 bits per heavy atom. The van der Waals surface area contributed by atoms with Crippen LogP contribution in [0.1, 0.15) is 5.69 Å². The molecule has 102 valence electrons. The van der Waals surface area contributed by atoms with Gasteiger partial charge in [-0.15, -0.1) is 11.3 Å². The molecule has 0 aliphatic rings. The van der Waals surface area contributed by atoms with Crippen molar-refractivity contribution in [1.82, 2.24) is 20.2 Å². The van der Waals surface area contributed by atoms with Gasteiger partial charge in [-0.05, 0) is 31.3 Å². The Kier molecular flexibility index (Phi) is 3.37. The van der Waals surface area contributed by atoms with Crippen molar-refractivity contribution in [2.75, 3.05) is 7.11 Å². The van der Waals surface area contributed by atoms with Crippen molar-refractivity contribution in [2.45, 2.75) is 6.92 Å². The fourth-order valence-electron chi connectivity index (χ4n) is 1.87. The van der Waals surface area contributed by atoms with Crippen molar-refractivity contribution in [3.63, 3.8) is 0 Å². The predicted octanol–water partition coefficient (Wildman–Crippen LogP) is 3.57. The molecule has 0 atom stereocenters. The summed E-state index contributed by atoms with van der Waals surface area (Å²) in [5.74, 6) is 1.54. The average Bonchev–Trinajstić information content (AvgIpc) is 3.05. The van der Waals surface area contributed by atoms with Crippen LogP contribution in [-0.2, 0) is 0 Å². The zero-order chi connectivity index (χ0) is 14.1. The Morgan fingerprint density at radius 1 is 1.25 bits per heavy atom. The molecule has 0 unspecified atom stereocenters. The molecule has 0 bridgehead atoms. The van der Waals surface area contributed by atoms with Crippen LogP contribution in [0.3, 0.4) is 0 Å². The van der Waals surface area contributed by atoms with Gasteiger partial charge in [-0.2, -0.15) is 4.98 Å². The molecule has 2 aromatic heterocycles. The van der Waals surface area contributed by atoms with Gasteiger partial charge in [0.25, 0.3) is 0 Å². The molecule has 0 saturated heterocycles. The first-order chi connectivity index (χ1) is 9.67. The van der Waals surface area contributed by atoms with Crippen molar-refractivity contribution in [1.29, 1.82) is 0 Å². The van der Waals surface area contributed by atoms with Crippen LogP contribution in [0, 0.1) is 11.7 Å². The van der Waals surface area contributed by atoms with Gasteiger partial charge in [0.15, 0.2) is 5.82 Å². The van der Waals surface area contributed by atoms with Crippen LogP contribution in [-0.4, -0.2) is 27.3 Å². The smallest absolute Gasteiger partial charge is 0.213 e. The predicted molar refractivity (Wildman–Crippen MR) is 81.6 cm³/mol. The van der Waals surface area contributed by atoms with Gasteiger partial charge >= 0.3 is 0 Å². The largest absolute Gasteiger partial charge is 0.497 e. The van der Waals surface area contributed by atoms with Crippen LogP contribution >= 0.6 is 23.6 Å². The molecule has 0 saturated carbocycles. The highest BCUT2D eigenvalue weighted by Crippen LogP contribution is 2.34. The van der Waals surface area contributed by atoms with Gasteiger partial charge in [0.1, 0.15) is 10.8 Å². The number of thiazole rings is 1. The molecule has 1 aromatic carbocycles. The van der Waals surface area contributed by atoms with Gasteiger partial charge in [-0.3, -0.25) is 10.2 Å². The minimum Gasteiger partial charge on any atom is -0.497 e. The maximum Gasteiger partial charge on any atom is 0.213 e. The number of aromatic nitrogens is 4. The molecule has 0 amide bonds. The molecule has 2 N–H and O–H groups in total. The third-order valence-electron chi connectivity index (χ3n) is 2.83. The van der Waals surface area contributed by atoms with Crippen LogP contribution in [0.15, 0.2) is 24.3 Å². The second-order valence-electron chi connectivity index (χ2n) is 4.18. The number of hydrogen-bond acceptors (Lipinski definition) is 5. The van der Waals surface area contributed by atoms with E-state index in [2.05, 4.69) is 20.2 Å². The summed E-state index contributed by atoms with van der Waals surface area (Å²) >= 11 is 6.55. The third-order valence-corrected chi connectivity index (χ3v) is 4.24. The highest BCUT2D eigenvalue weighted by molar-refractivity contribution is 7.71. The maximum atomic E-state index is 5.24. The minimum atomic E-state index is 0.440. The van der Waals surface area contributed by atoms with Gasteiger partial charge in [0, 0.05) is 5.56 Å². The number of H-pyrrole nitrogens is 2. The number of ether oxygens (including phenoxy) is 1. The number of hydrogen-bond donors (Lipinski definition) is 2. The summed E-state index contributed by atoms with van der Waals surface area (Å²) in [6, 6.07) is 7.84. The Labute approximate surface area is 124 Å². The first-order valence-corrected chi connectivity index (χ1v) is 7.17. The molecule has 0 spiro atoms. The van der Waals surface area contributed by atoms with E-state index in [0.717, 1.165) is 32.7 Å². The number of aryl methyl sites for hydroxylation is 1. The Morgan fingerprint density at radius 3 is 2.80 bits per heavy atom. The molecule has 0 radical (unpaired) electrons. The van der Waals surface area contributed by atoms with E-state index in [1.54, 1.807) is 18.4 Å². The average molecular weight is 304 g/mol. The zero-order valence-corrected chi connectivity index (χ0v) is 12.6. The molecule has 7 heteroatoms. The van der Waals surface area contributed by atoms with Crippen LogP contribution in [0.5, 0.6) is 5.75 Å². The lowest BCUT2D eigenvalue weighted by molar-refractivity contribution is 0.415. The first kappa shape index (κ1) is 13.0. The molecular weight excluding hydrogens is 292 g/mol. The maximum absolute atomic E-state index is 5.24. The molecule has 2 heterocycles. The summed E-state index contributed by atoms with van der Waals surface area (Å²) in [5, 5.41) is 6.68. The lowest BCUT2D eigenvalue weighted by atomic mass is 10.2. The number of benzene rings is 1. The second-order valence-corrected chi connectivity index (χ2v) is 5.57. The highest BCUT2D eigenvalue weighted by atomic mass is 32.1. The number of methoxy groups -OCH3 is 1. The van der Waals surface area contributed by atoms with Crippen molar-refractivity contribution >= 4 is 23.6 Å². The standard InChI is InChI=1S/C13H12N4OS2/c1-7-10(11-15-13(19)17-16-11)20-12(14-7)8-4-3-5-9(6-8)18-2/h3-6H,1-2H3,(H2,15,16,17,19). The monoisotopic (exact) mass is 304 g/mol. The molecule has 5 nitrogen and oxygen atoms in total. The summed E-state index contributed by atoms with van der Waals surface area (Å²) in [5.41, 5.74) is 1.95. The van der Waals surface area contributed by atoms with Gasteiger partial charge < -0.3 is 4.74 Å². The van der Waals surface area contributed by atoms with Crippen LogP contribution in [0.25, 0.3) is 21.3 Å². The van der Waals surface area contributed by atoms with Gasteiger partial charge in [-0.1, -0.05) is 12.1 Å². The molecule has 3 aromatic rings. The summed E-state index contributed by atoms with van der Waals surface area (Å²) < 4.78 is 5.68. The minimum absolute atomic E-state index is 0.440. The lowest BCUT2D eigenvalue weighted by Crippen LogP contribution is -1.83. The molecular formula is C13H12N4OS2. The Balaban J connectivity index is 2.06. The van der Waals surface area contributed by atoms with Gasteiger partial charge in [-0.25, -0.2) is 4.98 Å². The summed E-state index contributed by atoms with van der Waals surface area (Å²) in [4.78, 5) is 9.81. The topological polar surface area (TPSA) is 66.6 Å². The molecule has 0 aliphatic carbocycles. The quantitative estimate of drug-likeness (QED) is 0.726. The van der Waals surface area contributed by atoms with E-state index in [4.69, 9.17) is 17.0 Å². The number of nitrogens with one attached hydrogen (secondary N) is 2. The van der Waals surface area contributed by atoms with Crippen LogP contribution in [0.4, 0.5) is 0 Å². The van der Waals surface area contributed by atoms with E-state index >= 15 is 0 Å². The molecule has 0 aliphatic heterocycles. The van der Waals surface area contributed by atoms with E-state index in [9.17, 15) is 0 Å². The first-order valence-electron chi connectivity index (χ1n) is 5.94. The SMILES string of the molecule is COc1cccc(-c2nc(C)c(-c3nc(=S)[nH][nH]3)s2)c1. The zero-order valence-electron chi connectivity index (χ0n) is 10.9. The fourth-order valence-corrected chi connectivity index (χ4v) is 3.02. The summed E-state index contributed by atoms with van der Waals surface area (Å²) in [6.07, 6.45) is 0. The Hall–Kier alpha value is -1.99. The van der Waals surface area contributed by atoms with Crippen molar-refractivity contribution in [2.24, 2.45) is 0 Å².